The number of thiazole rings is 1. The molecule has 0 unspecified atom stereocenters. The van der Waals surface area contributed by atoms with E-state index >= 15 is 0 Å². The highest BCUT2D eigenvalue weighted by molar-refractivity contribution is 7.13. The van der Waals surface area contributed by atoms with Crippen LogP contribution in [0.1, 0.15) is 12.1 Å². The van der Waals surface area contributed by atoms with Crippen molar-refractivity contribution < 1.29 is 13.9 Å². The van der Waals surface area contributed by atoms with Gasteiger partial charge >= 0.3 is 5.97 Å². The summed E-state index contributed by atoms with van der Waals surface area (Å²) < 4.78 is 17.6. The topological polar surface area (TPSA) is 51.2 Å². The Morgan fingerprint density at radius 3 is 3.11 bits per heavy atom. The van der Waals surface area contributed by atoms with Crippen molar-refractivity contribution >= 4 is 28.1 Å². The number of hydrogen-bond donors (Lipinski definition) is 1. The van der Waals surface area contributed by atoms with E-state index in [4.69, 9.17) is 0 Å². The number of methoxy groups -OCH3 is 1. The second kappa shape index (κ2) is 6.29. The zero-order valence-corrected chi connectivity index (χ0v) is 11.2. The SMILES string of the molecule is COC(=O)CCc1csc(Nc2cccc(F)c2)n1. The molecule has 1 aromatic carbocycles. The van der Waals surface area contributed by atoms with Crippen molar-refractivity contribution in [1.29, 1.82) is 0 Å². The van der Waals surface area contributed by atoms with E-state index in [1.54, 1.807) is 12.1 Å². The fourth-order valence-electron chi connectivity index (χ4n) is 1.50. The lowest BCUT2D eigenvalue weighted by molar-refractivity contribution is -0.140. The number of benzene rings is 1. The van der Waals surface area contributed by atoms with Gasteiger partial charge in [-0.05, 0) is 18.2 Å². The molecule has 2 rings (SSSR count). The molecule has 0 saturated heterocycles. The van der Waals surface area contributed by atoms with Gasteiger partial charge in [0.25, 0.3) is 0 Å². The van der Waals surface area contributed by atoms with E-state index in [0.29, 0.717) is 23.7 Å². The van der Waals surface area contributed by atoms with E-state index in [1.807, 2.05) is 5.38 Å². The molecule has 6 heteroatoms. The molecular formula is C13H13FN2O2S. The van der Waals surface area contributed by atoms with Gasteiger partial charge in [0, 0.05) is 17.5 Å². The molecule has 19 heavy (non-hydrogen) atoms. The summed E-state index contributed by atoms with van der Waals surface area (Å²) in [6.07, 6.45) is 0.841. The summed E-state index contributed by atoms with van der Waals surface area (Å²) in [5.41, 5.74) is 1.46. The Labute approximate surface area is 114 Å². The molecule has 0 aliphatic carbocycles. The molecule has 0 saturated carbocycles. The number of rotatable bonds is 5. The van der Waals surface area contributed by atoms with Crippen LogP contribution in [0.4, 0.5) is 15.2 Å². The van der Waals surface area contributed by atoms with Crippen LogP contribution in [0.15, 0.2) is 29.6 Å². The predicted octanol–water partition coefficient (Wildman–Crippen LogP) is 3.13. The largest absolute Gasteiger partial charge is 0.469 e. The second-order valence-corrected chi connectivity index (χ2v) is 4.71. The number of esters is 1. The average Bonchev–Trinajstić information content (AvgIpc) is 2.83. The van der Waals surface area contributed by atoms with E-state index in [2.05, 4.69) is 15.0 Å². The Morgan fingerprint density at radius 1 is 1.53 bits per heavy atom. The van der Waals surface area contributed by atoms with E-state index in [0.717, 1.165) is 5.69 Å². The highest BCUT2D eigenvalue weighted by Crippen LogP contribution is 2.22. The predicted molar refractivity (Wildman–Crippen MR) is 72.1 cm³/mol. The lowest BCUT2D eigenvalue weighted by Crippen LogP contribution is -2.02. The number of anilines is 2. The lowest BCUT2D eigenvalue weighted by atomic mass is 10.2. The molecular weight excluding hydrogens is 267 g/mol. The summed E-state index contributed by atoms with van der Waals surface area (Å²) in [6.45, 7) is 0. The van der Waals surface area contributed by atoms with Crippen LogP contribution in [-0.2, 0) is 16.0 Å². The molecule has 0 spiro atoms. The first-order valence-electron chi connectivity index (χ1n) is 5.71. The number of hydrogen-bond acceptors (Lipinski definition) is 5. The highest BCUT2D eigenvalue weighted by Gasteiger charge is 2.06. The number of carbonyl (C=O) groups is 1. The zero-order valence-electron chi connectivity index (χ0n) is 10.4. The van der Waals surface area contributed by atoms with Gasteiger partial charge in [-0.2, -0.15) is 0 Å². The molecule has 0 amide bonds. The number of aromatic nitrogens is 1. The van der Waals surface area contributed by atoms with Crippen molar-refractivity contribution in [3.63, 3.8) is 0 Å². The highest BCUT2D eigenvalue weighted by atomic mass is 32.1. The van der Waals surface area contributed by atoms with Gasteiger partial charge in [-0.25, -0.2) is 9.37 Å². The molecule has 1 heterocycles. The van der Waals surface area contributed by atoms with Crippen LogP contribution in [0.3, 0.4) is 0 Å². The summed E-state index contributed by atoms with van der Waals surface area (Å²) >= 11 is 1.41. The molecule has 0 radical (unpaired) electrons. The Hall–Kier alpha value is -1.95. The minimum absolute atomic E-state index is 0.257. The fourth-order valence-corrected chi connectivity index (χ4v) is 2.27. The molecule has 2 aromatic rings. The lowest BCUT2D eigenvalue weighted by Gasteiger charge is -2.01. The first-order valence-corrected chi connectivity index (χ1v) is 6.59. The summed E-state index contributed by atoms with van der Waals surface area (Å²) in [5.74, 6) is -0.555. The number of aryl methyl sites for hydroxylation is 1. The standard InChI is InChI=1S/C13H13FN2O2S/c1-18-12(17)6-5-11-8-19-13(16-11)15-10-4-2-3-9(14)7-10/h2-4,7-8H,5-6H2,1H3,(H,15,16). The van der Waals surface area contributed by atoms with Gasteiger partial charge in [-0.1, -0.05) is 6.07 Å². The summed E-state index contributed by atoms with van der Waals surface area (Å²) in [4.78, 5) is 15.3. The van der Waals surface area contributed by atoms with Crippen LogP contribution in [0, 0.1) is 5.82 Å². The Morgan fingerprint density at radius 2 is 2.37 bits per heavy atom. The van der Waals surface area contributed by atoms with Gasteiger partial charge in [-0.15, -0.1) is 11.3 Å². The molecule has 0 bridgehead atoms. The van der Waals surface area contributed by atoms with Crippen molar-refractivity contribution in [3.05, 3.63) is 41.2 Å². The van der Waals surface area contributed by atoms with Gasteiger partial charge in [0.2, 0.25) is 0 Å². The zero-order chi connectivity index (χ0) is 13.7. The molecule has 0 aliphatic heterocycles. The first-order chi connectivity index (χ1) is 9.17. The molecule has 0 aliphatic rings. The maximum atomic E-state index is 13.0. The first kappa shape index (κ1) is 13.5. The van der Waals surface area contributed by atoms with E-state index < -0.39 is 0 Å². The van der Waals surface area contributed by atoms with Gasteiger partial charge in [0.05, 0.1) is 19.2 Å². The number of carbonyl (C=O) groups excluding carboxylic acids is 1. The van der Waals surface area contributed by atoms with Crippen molar-refractivity contribution in [2.75, 3.05) is 12.4 Å². The van der Waals surface area contributed by atoms with Crippen LogP contribution in [0.2, 0.25) is 0 Å². The molecule has 4 nitrogen and oxygen atoms in total. The smallest absolute Gasteiger partial charge is 0.305 e. The van der Waals surface area contributed by atoms with E-state index in [-0.39, 0.29) is 11.8 Å². The minimum atomic E-state index is -0.299. The molecule has 1 N–H and O–H groups in total. The number of nitrogens with zero attached hydrogens (tertiary/aromatic N) is 1. The minimum Gasteiger partial charge on any atom is -0.469 e. The summed E-state index contributed by atoms with van der Waals surface area (Å²) in [5, 5.41) is 5.56. The summed E-state index contributed by atoms with van der Waals surface area (Å²) in [7, 11) is 1.36. The van der Waals surface area contributed by atoms with E-state index in [1.165, 1.54) is 30.6 Å². The maximum absolute atomic E-state index is 13.0. The molecule has 1 aromatic heterocycles. The van der Waals surface area contributed by atoms with Crippen molar-refractivity contribution in [1.82, 2.24) is 4.98 Å². The van der Waals surface area contributed by atoms with E-state index in [9.17, 15) is 9.18 Å². The molecule has 0 atom stereocenters. The average molecular weight is 280 g/mol. The van der Waals surface area contributed by atoms with Crippen molar-refractivity contribution in [3.8, 4) is 0 Å². The number of ether oxygens (including phenoxy) is 1. The Balaban J connectivity index is 1.95. The summed E-state index contributed by atoms with van der Waals surface area (Å²) in [6, 6.07) is 6.17. The van der Waals surface area contributed by atoms with Gasteiger partial charge in [0.1, 0.15) is 5.82 Å². The van der Waals surface area contributed by atoms with Gasteiger partial charge < -0.3 is 10.1 Å². The van der Waals surface area contributed by atoms with Crippen LogP contribution in [0.5, 0.6) is 0 Å². The Bertz CT molecular complexity index is 571. The van der Waals surface area contributed by atoms with Crippen LogP contribution in [0.25, 0.3) is 0 Å². The maximum Gasteiger partial charge on any atom is 0.305 e. The normalized spacial score (nSPS) is 10.2. The number of halogens is 1. The number of nitrogens with one attached hydrogen (secondary N) is 1. The quantitative estimate of drug-likeness (QED) is 0.855. The Kier molecular flexibility index (Phi) is 4.46. The third-order valence-corrected chi connectivity index (χ3v) is 3.25. The van der Waals surface area contributed by atoms with Crippen molar-refractivity contribution in [2.45, 2.75) is 12.8 Å². The van der Waals surface area contributed by atoms with Crippen LogP contribution < -0.4 is 5.32 Å². The third kappa shape index (κ3) is 4.03. The fraction of sp³-hybridized carbons (Fsp3) is 0.231. The van der Waals surface area contributed by atoms with Gasteiger partial charge in [-0.3, -0.25) is 4.79 Å². The van der Waals surface area contributed by atoms with Gasteiger partial charge in [0.15, 0.2) is 5.13 Å². The van der Waals surface area contributed by atoms with Crippen LogP contribution >= 0.6 is 11.3 Å². The molecule has 100 valence electrons. The monoisotopic (exact) mass is 280 g/mol. The molecule has 0 fully saturated rings. The second-order valence-electron chi connectivity index (χ2n) is 3.86. The van der Waals surface area contributed by atoms with Crippen LogP contribution in [-0.4, -0.2) is 18.1 Å². The third-order valence-electron chi connectivity index (χ3n) is 2.44. The van der Waals surface area contributed by atoms with Crippen molar-refractivity contribution in [2.24, 2.45) is 0 Å².